The summed E-state index contributed by atoms with van der Waals surface area (Å²) in [6.45, 7) is 5.56. The Kier molecular flexibility index (Phi) is 5.02. The number of aromatic nitrogens is 3. The van der Waals surface area contributed by atoms with E-state index in [1.165, 1.54) is 5.56 Å². The maximum atomic E-state index is 13.0. The van der Waals surface area contributed by atoms with Crippen molar-refractivity contribution in [2.45, 2.75) is 44.6 Å². The Morgan fingerprint density at radius 2 is 1.77 bits per heavy atom. The highest BCUT2D eigenvalue weighted by Crippen LogP contribution is 2.29. The number of nitrogens with one attached hydrogen (secondary N) is 1. The van der Waals surface area contributed by atoms with Crippen LogP contribution in [0.5, 0.6) is 0 Å². The molecule has 1 aromatic carbocycles. The largest absolute Gasteiger partial charge is 0.337 e. The first-order valence-corrected chi connectivity index (χ1v) is 9.71. The van der Waals surface area contributed by atoms with Gasteiger partial charge in [0.15, 0.2) is 5.69 Å². The zero-order valence-electron chi connectivity index (χ0n) is 15.4. The van der Waals surface area contributed by atoms with Crippen molar-refractivity contribution in [1.29, 1.82) is 0 Å². The highest BCUT2D eigenvalue weighted by molar-refractivity contribution is 5.93. The lowest BCUT2D eigenvalue weighted by Gasteiger charge is -2.32. The smallest absolute Gasteiger partial charge is 0.276 e. The Bertz CT molecular complexity index is 743. The van der Waals surface area contributed by atoms with E-state index < -0.39 is 0 Å². The first kappa shape index (κ1) is 17.2. The summed E-state index contributed by atoms with van der Waals surface area (Å²) in [4.78, 5) is 14.9. The molecule has 0 saturated carbocycles. The predicted molar refractivity (Wildman–Crippen MR) is 100 cm³/mol. The summed E-state index contributed by atoms with van der Waals surface area (Å²) in [5, 5.41) is 11.9. The van der Waals surface area contributed by atoms with Gasteiger partial charge in [-0.1, -0.05) is 35.5 Å². The third kappa shape index (κ3) is 3.38. The molecule has 0 unspecified atom stereocenters. The average molecular weight is 353 g/mol. The van der Waals surface area contributed by atoms with Crippen LogP contribution < -0.4 is 5.32 Å². The minimum absolute atomic E-state index is 0.0363. The molecule has 6 nitrogen and oxygen atoms in total. The SMILES string of the molecule is Cc1c(C(=O)N2CCC(c3ccccc3)CC2)nnn1C1CCNCC1. The van der Waals surface area contributed by atoms with Crippen molar-refractivity contribution in [1.82, 2.24) is 25.2 Å². The van der Waals surface area contributed by atoms with Gasteiger partial charge in [-0.3, -0.25) is 4.79 Å². The zero-order valence-corrected chi connectivity index (χ0v) is 15.4. The second kappa shape index (κ2) is 7.58. The molecule has 2 aliphatic rings. The first-order chi connectivity index (χ1) is 12.7. The monoisotopic (exact) mass is 353 g/mol. The molecule has 2 aliphatic heterocycles. The van der Waals surface area contributed by atoms with Crippen LogP contribution in [0.4, 0.5) is 0 Å². The molecule has 2 fully saturated rings. The van der Waals surface area contributed by atoms with Crippen molar-refractivity contribution in [2.24, 2.45) is 0 Å². The predicted octanol–water partition coefficient (Wildman–Crippen LogP) is 2.53. The van der Waals surface area contributed by atoms with E-state index in [1.54, 1.807) is 0 Å². The summed E-state index contributed by atoms with van der Waals surface area (Å²) >= 11 is 0. The fourth-order valence-corrected chi connectivity index (χ4v) is 4.23. The lowest BCUT2D eigenvalue weighted by atomic mass is 9.89. The zero-order chi connectivity index (χ0) is 17.9. The van der Waals surface area contributed by atoms with E-state index in [0.29, 0.717) is 17.7 Å². The minimum Gasteiger partial charge on any atom is -0.337 e. The summed E-state index contributed by atoms with van der Waals surface area (Å²) in [6.07, 6.45) is 4.11. The summed E-state index contributed by atoms with van der Waals surface area (Å²) in [7, 11) is 0. The van der Waals surface area contributed by atoms with Gasteiger partial charge in [-0.05, 0) is 57.2 Å². The molecule has 0 aliphatic carbocycles. The summed E-state index contributed by atoms with van der Waals surface area (Å²) in [5.41, 5.74) is 2.82. The standard InChI is InChI=1S/C20H27N5O/c1-15-19(22-23-25(15)18-7-11-21-12-8-18)20(26)24-13-9-17(10-14-24)16-5-3-2-4-6-16/h2-6,17-18,21H,7-14H2,1H3. The molecule has 1 amide bonds. The number of nitrogens with zero attached hydrogens (tertiary/aromatic N) is 4. The Labute approximate surface area is 154 Å². The van der Waals surface area contributed by atoms with Crippen LogP contribution in [0.1, 0.15) is 59.4 Å². The molecule has 2 saturated heterocycles. The second-order valence-electron chi connectivity index (χ2n) is 7.43. The first-order valence-electron chi connectivity index (χ1n) is 9.71. The highest BCUT2D eigenvalue weighted by Gasteiger charge is 2.29. The van der Waals surface area contributed by atoms with Gasteiger partial charge in [0.25, 0.3) is 5.91 Å². The molecule has 3 heterocycles. The van der Waals surface area contributed by atoms with E-state index in [2.05, 4.69) is 46.0 Å². The highest BCUT2D eigenvalue weighted by atomic mass is 16.2. The van der Waals surface area contributed by atoms with Crippen LogP contribution in [0, 0.1) is 6.92 Å². The van der Waals surface area contributed by atoms with Gasteiger partial charge in [0.1, 0.15) is 0 Å². The van der Waals surface area contributed by atoms with Crippen LogP contribution in [-0.4, -0.2) is 52.0 Å². The molecule has 26 heavy (non-hydrogen) atoms. The van der Waals surface area contributed by atoms with E-state index in [-0.39, 0.29) is 5.91 Å². The fraction of sp³-hybridized carbons (Fsp3) is 0.550. The van der Waals surface area contributed by atoms with Gasteiger partial charge >= 0.3 is 0 Å². The number of carbonyl (C=O) groups excluding carboxylic acids is 1. The number of rotatable bonds is 3. The molecule has 1 N–H and O–H groups in total. The molecule has 0 spiro atoms. The third-order valence-corrected chi connectivity index (χ3v) is 5.84. The summed E-state index contributed by atoms with van der Waals surface area (Å²) in [5.74, 6) is 0.584. The molecule has 138 valence electrons. The maximum Gasteiger partial charge on any atom is 0.276 e. The lowest BCUT2D eigenvalue weighted by Crippen LogP contribution is -2.38. The van der Waals surface area contributed by atoms with E-state index in [1.807, 2.05) is 16.5 Å². The number of likely N-dealkylation sites (tertiary alicyclic amines) is 1. The summed E-state index contributed by atoms with van der Waals surface area (Å²) < 4.78 is 1.96. The van der Waals surface area contributed by atoms with Crippen molar-refractivity contribution >= 4 is 5.91 Å². The summed E-state index contributed by atoms with van der Waals surface area (Å²) in [6, 6.07) is 11.0. The van der Waals surface area contributed by atoms with Crippen LogP contribution in [0.2, 0.25) is 0 Å². The van der Waals surface area contributed by atoms with Gasteiger partial charge in [-0.2, -0.15) is 0 Å². The van der Waals surface area contributed by atoms with E-state index >= 15 is 0 Å². The van der Waals surface area contributed by atoms with Crippen LogP contribution >= 0.6 is 0 Å². The quantitative estimate of drug-likeness (QED) is 0.921. The van der Waals surface area contributed by atoms with Gasteiger partial charge in [0.05, 0.1) is 11.7 Å². The van der Waals surface area contributed by atoms with E-state index in [4.69, 9.17) is 0 Å². The third-order valence-electron chi connectivity index (χ3n) is 5.84. The van der Waals surface area contributed by atoms with Crippen molar-refractivity contribution in [2.75, 3.05) is 26.2 Å². The molecule has 2 aromatic rings. The molecule has 0 atom stereocenters. The van der Waals surface area contributed by atoms with Crippen molar-refractivity contribution in [3.05, 3.63) is 47.3 Å². The van der Waals surface area contributed by atoms with Crippen LogP contribution in [-0.2, 0) is 0 Å². The molecule has 4 rings (SSSR count). The Morgan fingerprint density at radius 3 is 2.46 bits per heavy atom. The topological polar surface area (TPSA) is 63.1 Å². The number of piperidine rings is 2. The number of hydrogen-bond acceptors (Lipinski definition) is 4. The van der Waals surface area contributed by atoms with Crippen molar-refractivity contribution in [3.8, 4) is 0 Å². The van der Waals surface area contributed by atoms with Crippen molar-refractivity contribution in [3.63, 3.8) is 0 Å². The van der Waals surface area contributed by atoms with Gasteiger partial charge in [0.2, 0.25) is 0 Å². The molecule has 0 bridgehead atoms. The van der Waals surface area contributed by atoms with Crippen LogP contribution in [0.25, 0.3) is 0 Å². The Morgan fingerprint density at radius 1 is 1.08 bits per heavy atom. The number of benzene rings is 1. The number of carbonyl (C=O) groups is 1. The average Bonchev–Trinajstić information content (AvgIpc) is 3.10. The van der Waals surface area contributed by atoms with Gasteiger partial charge in [0, 0.05) is 13.1 Å². The second-order valence-corrected chi connectivity index (χ2v) is 7.43. The fourth-order valence-electron chi connectivity index (χ4n) is 4.23. The normalized spacial score (nSPS) is 19.7. The molecule has 0 radical (unpaired) electrons. The van der Waals surface area contributed by atoms with Gasteiger partial charge in [-0.25, -0.2) is 4.68 Å². The van der Waals surface area contributed by atoms with Gasteiger partial charge < -0.3 is 10.2 Å². The van der Waals surface area contributed by atoms with Gasteiger partial charge in [-0.15, -0.1) is 5.10 Å². The molecule has 1 aromatic heterocycles. The van der Waals surface area contributed by atoms with Crippen molar-refractivity contribution < 1.29 is 4.79 Å². The van der Waals surface area contributed by atoms with E-state index in [0.717, 1.165) is 57.6 Å². The Balaban J connectivity index is 1.42. The molecular weight excluding hydrogens is 326 g/mol. The van der Waals surface area contributed by atoms with Crippen LogP contribution in [0.15, 0.2) is 30.3 Å². The molecular formula is C20H27N5O. The van der Waals surface area contributed by atoms with E-state index in [9.17, 15) is 4.79 Å². The Hall–Kier alpha value is -2.21. The maximum absolute atomic E-state index is 13.0. The molecule has 6 heteroatoms. The number of hydrogen-bond donors (Lipinski definition) is 1. The number of amides is 1. The van der Waals surface area contributed by atoms with Crippen LogP contribution in [0.3, 0.4) is 0 Å². The lowest BCUT2D eigenvalue weighted by molar-refractivity contribution is 0.0706. The minimum atomic E-state index is 0.0363.